The molecular weight excluding hydrogens is 287 g/mol. The molecule has 5 aliphatic rings. The Bertz CT molecular complexity index is 630. The van der Waals surface area contributed by atoms with E-state index in [0.29, 0.717) is 12.0 Å². The minimum atomic E-state index is -0.227. The zero-order chi connectivity index (χ0) is 14.1. The number of benzene rings is 1. The lowest BCUT2D eigenvalue weighted by atomic mass is 9.68. The van der Waals surface area contributed by atoms with Gasteiger partial charge in [-0.3, -0.25) is 0 Å². The van der Waals surface area contributed by atoms with E-state index >= 15 is 0 Å². The number of amidine groups is 1. The van der Waals surface area contributed by atoms with Crippen LogP contribution in [-0.4, -0.2) is 16.8 Å². The van der Waals surface area contributed by atoms with Gasteiger partial charge in [-0.1, -0.05) is 17.7 Å². The Balaban J connectivity index is 1.68. The van der Waals surface area contributed by atoms with Gasteiger partial charge in [-0.15, -0.1) is 0 Å². The second-order valence-corrected chi connectivity index (χ2v) is 7.59. The van der Waals surface area contributed by atoms with Crippen LogP contribution in [0.2, 0.25) is 0 Å². The summed E-state index contributed by atoms with van der Waals surface area (Å²) in [4.78, 5) is 7.22. The zero-order valence-corrected chi connectivity index (χ0v) is 12.6. The van der Waals surface area contributed by atoms with Crippen molar-refractivity contribution in [2.45, 2.75) is 43.6 Å². The highest BCUT2D eigenvalue weighted by Crippen LogP contribution is 2.53. The van der Waals surface area contributed by atoms with Crippen molar-refractivity contribution < 1.29 is 4.39 Å². The van der Waals surface area contributed by atoms with E-state index in [1.165, 1.54) is 44.2 Å². The minimum absolute atomic E-state index is 0.184. The van der Waals surface area contributed by atoms with Crippen LogP contribution in [0.1, 0.15) is 43.2 Å². The molecule has 3 unspecified atom stereocenters. The van der Waals surface area contributed by atoms with E-state index < -0.39 is 0 Å². The van der Waals surface area contributed by atoms with Gasteiger partial charge in [0.15, 0.2) is 0 Å². The van der Waals surface area contributed by atoms with Crippen molar-refractivity contribution >= 4 is 23.1 Å². The van der Waals surface area contributed by atoms with Gasteiger partial charge in [0.2, 0.25) is 0 Å². The minimum Gasteiger partial charge on any atom is -0.336 e. The van der Waals surface area contributed by atoms with Crippen LogP contribution in [-0.2, 0) is 0 Å². The van der Waals surface area contributed by atoms with Gasteiger partial charge in [-0.25, -0.2) is 9.38 Å². The van der Waals surface area contributed by atoms with Crippen LogP contribution in [0.25, 0.3) is 0 Å². The molecule has 21 heavy (non-hydrogen) atoms. The van der Waals surface area contributed by atoms with Gasteiger partial charge in [0.25, 0.3) is 0 Å². The summed E-state index contributed by atoms with van der Waals surface area (Å²) in [5.74, 6) is 3.12. The number of hydrogen-bond acceptors (Lipinski definition) is 2. The quantitative estimate of drug-likeness (QED) is 0.504. The summed E-state index contributed by atoms with van der Waals surface area (Å²) >= 11 is 6.80. The molecule has 0 amide bonds. The van der Waals surface area contributed by atoms with Gasteiger partial charge >= 0.3 is 0 Å². The average Bonchev–Trinajstić information content (AvgIpc) is 2.61. The first-order chi connectivity index (χ1) is 10.2. The fraction of sp³-hybridized carbons (Fsp3) is 0.588. The van der Waals surface area contributed by atoms with Crippen molar-refractivity contribution in [1.82, 2.24) is 4.90 Å². The first-order valence-corrected chi connectivity index (χ1v) is 8.43. The number of alkyl halides is 1. The van der Waals surface area contributed by atoms with Gasteiger partial charge < -0.3 is 4.90 Å². The van der Waals surface area contributed by atoms with Crippen LogP contribution in [0.3, 0.4) is 0 Å². The molecule has 0 radical (unpaired) electrons. The summed E-state index contributed by atoms with van der Waals surface area (Å²) in [7, 11) is 0. The predicted molar refractivity (Wildman–Crippen MR) is 81.3 cm³/mol. The third-order valence-electron chi connectivity index (χ3n) is 5.86. The Hall–Kier alpha value is -1.09. The predicted octanol–water partition coefficient (Wildman–Crippen LogP) is 4.62. The third kappa shape index (κ3) is 1.73. The molecule has 4 bridgehead atoms. The van der Waals surface area contributed by atoms with Gasteiger partial charge in [0.05, 0.1) is 5.69 Å². The molecule has 0 N–H and O–H groups in total. The zero-order valence-electron chi connectivity index (χ0n) is 11.8. The van der Waals surface area contributed by atoms with E-state index in [4.69, 9.17) is 16.6 Å². The smallest absolute Gasteiger partial charge is 0.133 e. The van der Waals surface area contributed by atoms with E-state index in [0.717, 1.165) is 28.9 Å². The molecule has 4 heteroatoms. The molecule has 0 spiro atoms. The number of aliphatic imine (C=N–C) groups is 1. The van der Waals surface area contributed by atoms with Gasteiger partial charge in [0, 0.05) is 17.5 Å². The fourth-order valence-electron chi connectivity index (χ4n) is 5.19. The van der Waals surface area contributed by atoms with E-state index in [9.17, 15) is 4.39 Å². The molecular formula is C17H18ClFN2. The Labute approximate surface area is 129 Å². The summed E-state index contributed by atoms with van der Waals surface area (Å²) in [5.41, 5.74) is 1.52. The fourth-order valence-corrected chi connectivity index (χ4v) is 5.63. The maximum absolute atomic E-state index is 13.5. The summed E-state index contributed by atoms with van der Waals surface area (Å²) in [5, 5.41) is 0. The van der Waals surface area contributed by atoms with Crippen molar-refractivity contribution in [2.24, 2.45) is 22.7 Å². The third-order valence-corrected chi connectivity index (χ3v) is 6.31. The molecule has 3 heterocycles. The lowest BCUT2D eigenvalue weighted by Crippen LogP contribution is -2.43. The van der Waals surface area contributed by atoms with E-state index in [1.54, 1.807) is 6.07 Å². The average molecular weight is 305 g/mol. The van der Waals surface area contributed by atoms with Gasteiger partial charge in [0.1, 0.15) is 17.2 Å². The van der Waals surface area contributed by atoms with Crippen LogP contribution in [0, 0.1) is 23.6 Å². The molecule has 3 aliphatic heterocycles. The van der Waals surface area contributed by atoms with Gasteiger partial charge in [-0.2, -0.15) is 0 Å². The SMILES string of the molecule is Fc1ccc2c(c1)N=C1C3CC4CC(C3)CC(C4)N1C2Cl. The summed E-state index contributed by atoms with van der Waals surface area (Å²) in [6.07, 6.45) is 6.40. The molecule has 110 valence electrons. The number of halogens is 2. The van der Waals surface area contributed by atoms with Gasteiger partial charge in [-0.05, 0) is 56.1 Å². The Kier molecular flexibility index (Phi) is 2.50. The number of hydrogen-bond donors (Lipinski definition) is 0. The maximum Gasteiger partial charge on any atom is 0.133 e. The summed E-state index contributed by atoms with van der Waals surface area (Å²) in [6, 6.07) is 5.36. The van der Waals surface area contributed by atoms with E-state index in [1.807, 2.05) is 0 Å². The Morgan fingerprint density at radius 1 is 1.10 bits per heavy atom. The summed E-state index contributed by atoms with van der Waals surface area (Å²) in [6.45, 7) is 0. The second-order valence-electron chi connectivity index (χ2n) is 7.18. The summed E-state index contributed by atoms with van der Waals surface area (Å²) < 4.78 is 13.5. The standard InChI is InChI=1S/C17H18ClFN2/c18-16-14-2-1-12(19)8-15(14)20-17-11-4-9-3-10(5-11)7-13(6-9)21(16)17/h1-2,8-11,13,16H,3-7H2. The number of nitrogens with zero attached hydrogens (tertiary/aromatic N) is 2. The Morgan fingerprint density at radius 2 is 1.86 bits per heavy atom. The Morgan fingerprint density at radius 3 is 2.62 bits per heavy atom. The van der Waals surface area contributed by atoms with Crippen molar-refractivity contribution in [2.75, 3.05) is 0 Å². The first-order valence-electron chi connectivity index (χ1n) is 7.99. The molecule has 6 rings (SSSR count). The molecule has 0 aromatic heterocycles. The monoisotopic (exact) mass is 304 g/mol. The van der Waals surface area contributed by atoms with E-state index in [-0.39, 0.29) is 11.3 Å². The van der Waals surface area contributed by atoms with Crippen LogP contribution in [0.4, 0.5) is 10.1 Å². The van der Waals surface area contributed by atoms with Crippen molar-refractivity contribution in [1.29, 1.82) is 0 Å². The van der Waals surface area contributed by atoms with E-state index in [2.05, 4.69) is 4.90 Å². The van der Waals surface area contributed by atoms with Crippen molar-refractivity contribution in [3.63, 3.8) is 0 Å². The number of rotatable bonds is 0. The largest absolute Gasteiger partial charge is 0.336 e. The van der Waals surface area contributed by atoms with Crippen LogP contribution < -0.4 is 0 Å². The maximum atomic E-state index is 13.5. The highest BCUT2D eigenvalue weighted by molar-refractivity contribution is 6.22. The highest BCUT2D eigenvalue weighted by Gasteiger charge is 2.48. The molecule has 2 saturated heterocycles. The first kappa shape index (κ1) is 12.5. The van der Waals surface area contributed by atoms with Crippen LogP contribution >= 0.6 is 11.6 Å². The highest BCUT2D eigenvalue weighted by atomic mass is 35.5. The molecule has 1 aromatic carbocycles. The van der Waals surface area contributed by atoms with Crippen LogP contribution in [0.15, 0.2) is 23.2 Å². The number of fused-ring (bicyclic) bond motifs is 1. The molecule has 2 nitrogen and oxygen atoms in total. The molecule has 2 saturated carbocycles. The normalized spacial score (nSPS) is 39.6. The lowest BCUT2D eigenvalue weighted by molar-refractivity contribution is 0.126. The topological polar surface area (TPSA) is 15.6 Å². The second kappa shape index (κ2) is 4.22. The molecule has 3 atom stereocenters. The molecule has 1 aromatic rings. The lowest BCUT2D eigenvalue weighted by Gasteiger charge is -2.41. The van der Waals surface area contributed by atoms with Crippen molar-refractivity contribution in [3.05, 3.63) is 29.6 Å². The van der Waals surface area contributed by atoms with Crippen LogP contribution in [0.5, 0.6) is 0 Å². The molecule has 4 fully saturated rings. The van der Waals surface area contributed by atoms with Crippen molar-refractivity contribution in [3.8, 4) is 0 Å². The molecule has 2 aliphatic carbocycles.